The number of furan rings is 1. The van der Waals surface area contributed by atoms with E-state index in [0.717, 1.165) is 40.7 Å². The van der Waals surface area contributed by atoms with Crippen molar-refractivity contribution in [1.29, 1.82) is 0 Å². The van der Waals surface area contributed by atoms with Crippen molar-refractivity contribution in [2.24, 2.45) is 0 Å². The molecule has 0 spiro atoms. The quantitative estimate of drug-likeness (QED) is 0.186. The molecule has 2 aromatic heterocycles. The fraction of sp³-hybridized carbons (Fsp3) is 0.0588. The van der Waals surface area contributed by atoms with Crippen LogP contribution in [-0.2, 0) is 5.41 Å². The van der Waals surface area contributed by atoms with Crippen molar-refractivity contribution in [3.8, 4) is 39.3 Å². The molecule has 12 rings (SSSR count). The highest BCUT2D eigenvalue weighted by atomic mass is 16.3. The number of aromatic nitrogens is 1. The second kappa shape index (κ2) is 11.1. The van der Waals surface area contributed by atoms with E-state index in [1.807, 2.05) is 0 Å². The molecule has 0 saturated heterocycles. The highest BCUT2D eigenvalue weighted by molar-refractivity contribution is 6.74. The van der Waals surface area contributed by atoms with Gasteiger partial charge in [-0.25, -0.2) is 0 Å². The number of rotatable bonds is 3. The van der Waals surface area contributed by atoms with Crippen LogP contribution in [0, 0.1) is 0 Å². The Morgan fingerprint density at radius 2 is 1.25 bits per heavy atom. The van der Waals surface area contributed by atoms with Gasteiger partial charge in [-0.1, -0.05) is 159 Å². The molecule has 2 aliphatic rings. The van der Waals surface area contributed by atoms with Gasteiger partial charge in [0.15, 0.2) is 7.28 Å². The highest BCUT2D eigenvalue weighted by Crippen LogP contribution is 2.51. The zero-order valence-electron chi connectivity index (χ0n) is 30.7. The van der Waals surface area contributed by atoms with Crippen molar-refractivity contribution >= 4 is 73.1 Å². The van der Waals surface area contributed by atoms with E-state index in [9.17, 15) is 0 Å². The van der Waals surface area contributed by atoms with Gasteiger partial charge in [-0.3, -0.25) is 0 Å². The first kappa shape index (κ1) is 30.7. The predicted molar refractivity (Wildman–Crippen MR) is 233 cm³/mol. The summed E-state index contributed by atoms with van der Waals surface area (Å²) in [6, 6.07) is 59.6. The number of benzene rings is 8. The van der Waals surface area contributed by atoms with E-state index in [4.69, 9.17) is 4.42 Å². The van der Waals surface area contributed by atoms with E-state index in [1.165, 1.54) is 82.8 Å². The van der Waals surface area contributed by atoms with E-state index in [0.29, 0.717) is 0 Å². The third-order valence-electron chi connectivity index (χ3n) is 12.4. The number of hydrogen-bond donors (Lipinski definition) is 1. The molecule has 0 saturated carbocycles. The Morgan fingerprint density at radius 1 is 0.582 bits per heavy atom. The summed E-state index contributed by atoms with van der Waals surface area (Å²) in [5.74, 6) is 0.903. The van der Waals surface area contributed by atoms with Gasteiger partial charge in [-0.05, 0) is 62.8 Å². The lowest BCUT2D eigenvalue weighted by atomic mass is 9.58. The van der Waals surface area contributed by atoms with Gasteiger partial charge in [-0.2, -0.15) is 0 Å². The summed E-state index contributed by atoms with van der Waals surface area (Å²) < 4.78 is 9.49. The average molecular weight is 703 g/mol. The Kier molecular flexibility index (Phi) is 6.20. The van der Waals surface area contributed by atoms with Crippen LogP contribution < -0.4 is 16.2 Å². The summed E-state index contributed by atoms with van der Waals surface area (Å²) in [4.78, 5) is 0. The first-order chi connectivity index (χ1) is 27.1. The molecule has 258 valence electrons. The maximum atomic E-state index is 6.93. The van der Waals surface area contributed by atoms with Gasteiger partial charge in [0.1, 0.15) is 11.3 Å². The Hall–Kier alpha value is -6.78. The van der Waals surface area contributed by atoms with Crippen LogP contribution in [0.2, 0.25) is 0 Å². The van der Waals surface area contributed by atoms with Crippen molar-refractivity contribution in [3.05, 3.63) is 175 Å². The van der Waals surface area contributed by atoms with Crippen molar-refractivity contribution in [2.75, 3.05) is 5.32 Å². The minimum Gasteiger partial charge on any atom is -0.455 e. The Bertz CT molecular complexity index is 3230. The zero-order chi connectivity index (χ0) is 36.4. The Labute approximate surface area is 319 Å². The summed E-state index contributed by atoms with van der Waals surface area (Å²) in [7, 11) is 0.782. The highest BCUT2D eigenvalue weighted by Gasteiger charge is 2.36. The van der Waals surface area contributed by atoms with Crippen LogP contribution in [0.15, 0.2) is 168 Å². The number of nitrogens with zero attached hydrogens (tertiary/aromatic N) is 1. The van der Waals surface area contributed by atoms with E-state index in [1.54, 1.807) is 0 Å². The molecule has 1 N–H and O–H groups in total. The number of para-hydroxylation sites is 3. The maximum Gasteiger partial charge on any atom is 0.198 e. The smallest absolute Gasteiger partial charge is 0.198 e. The van der Waals surface area contributed by atoms with Crippen LogP contribution in [0.3, 0.4) is 0 Å². The van der Waals surface area contributed by atoms with Crippen LogP contribution in [-0.4, -0.2) is 11.8 Å². The molecule has 0 bridgehead atoms. The van der Waals surface area contributed by atoms with Crippen LogP contribution in [0.1, 0.15) is 25.0 Å². The third kappa shape index (κ3) is 4.17. The molecule has 0 radical (unpaired) electrons. The molecule has 4 heteroatoms. The SMILES string of the molecule is CC1(C)c2ccccc2Nc2c(-c3c4c5c(c6ccccc36)c3ccccc3n5-c3cc5c(-c6ccccc6)c(-c6ccccc6)oc5cc3B4)cccc21. The molecule has 0 unspecified atom stereocenters. The summed E-state index contributed by atoms with van der Waals surface area (Å²) in [6.45, 7) is 4.72. The largest absolute Gasteiger partial charge is 0.455 e. The van der Waals surface area contributed by atoms with Crippen LogP contribution in [0.5, 0.6) is 0 Å². The van der Waals surface area contributed by atoms with Crippen LogP contribution in [0.25, 0.3) is 82.8 Å². The van der Waals surface area contributed by atoms with E-state index in [2.05, 4.69) is 188 Å². The molecule has 3 nitrogen and oxygen atoms in total. The summed E-state index contributed by atoms with van der Waals surface area (Å²) in [6.07, 6.45) is 0. The number of fused-ring (bicyclic) bond motifs is 10. The first-order valence-corrected chi connectivity index (χ1v) is 19.2. The second-order valence-corrected chi connectivity index (χ2v) is 15.7. The van der Waals surface area contributed by atoms with Crippen molar-refractivity contribution in [2.45, 2.75) is 19.3 Å². The van der Waals surface area contributed by atoms with Crippen LogP contribution in [0.4, 0.5) is 11.4 Å². The number of hydrogen-bond acceptors (Lipinski definition) is 2. The van der Waals surface area contributed by atoms with Gasteiger partial charge in [0.2, 0.25) is 0 Å². The van der Waals surface area contributed by atoms with E-state index >= 15 is 0 Å². The predicted octanol–water partition coefficient (Wildman–Crippen LogP) is 11.8. The zero-order valence-corrected chi connectivity index (χ0v) is 30.7. The Balaban J connectivity index is 1.20. The second-order valence-electron chi connectivity index (χ2n) is 15.7. The summed E-state index contributed by atoms with van der Waals surface area (Å²) in [5, 5.41) is 10.2. The van der Waals surface area contributed by atoms with E-state index < -0.39 is 0 Å². The summed E-state index contributed by atoms with van der Waals surface area (Å²) in [5.41, 5.74) is 18.0. The van der Waals surface area contributed by atoms with Gasteiger partial charge >= 0.3 is 0 Å². The number of nitrogens with one attached hydrogen (secondary N) is 1. The van der Waals surface area contributed by atoms with Gasteiger partial charge < -0.3 is 14.3 Å². The molecule has 4 heterocycles. The molecule has 55 heavy (non-hydrogen) atoms. The van der Waals surface area contributed by atoms with Gasteiger partial charge in [-0.15, -0.1) is 0 Å². The lowest BCUT2D eigenvalue weighted by Gasteiger charge is -2.37. The third-order valence-corrected chi connectivity index (χ3v) is 12.4. The monoisotopic (exact) mass is 702 g/mol. The van der Waals surface area contributed by atoms with Gasteiger partial charge in [0.05, 0.1) is 11.2 Å². The minimum atomic E-state index is -0.163. The van der Waals surface area contributed by atoms with Crippen molar-refractivity contribution < 1.29 is 4.42 Å². The maximum absolute atomic E-state index is 6.93. The number of anilines is 2. The molecule has 8 aromatic carbocycles. The lowest BCUT2D eigenvalue weighted by Crippen LogP contribution is -2.37. The summed E-state index contributed by atoms with van der Waals surface area (Å²) >= 11 is 0. The van der Waals surface area contributed by atoms with E-state index in [-0.39, 0.29) is 5.41 Å². The molecule has 0 atom stereocenters. The molecule has 0 aliphatic carbocycles. The van der Waals surface area contributed by atoms with Crippen molar-refractivity contribution in [1.82, 2.24) is 4.57 Å². The average Bonchev–Trinajstić information content (AvgIpc) is 3.78. The van der Waals surface area contributed by atoms with Crippen LogP contribution >= 0.6 is 0 Å². The fourth-order valence-corrected chi connectivity index (χ4v) is 9.96. The fourth-order valence-electron chi connectivity index (χ4n) is 9.96. The molecule has 0 amide bonds. The molecular formula is C51H35BN2O. The lowest BCUT2D eigenvalue weighted by molar-refractivity contribution is 0.632. The van der Waals surface area contributed by atoms with Gasteiger partial charge in [0.25, 0.3) is 0 Å². The molecule has 10 aromatic rings. The first-order valence-electron chi connectivity index (χ1n) is 19.2. The normalized spacial score (nSPS) is 13.7. The topological polar surface area (TPSA) is 30.1 Å². The standard InChI is InChI=1S/C51H35BN2O/c1-51(2)37-24-12-13-26-40(37)53-48-35(23-15-25-38(48)51)45-32-20-9-10-21-33(32)46-34-22-11-14-27-41(34)54-42-28-36-43(29-39(42)52-47(45)49(46)54)55-50(31-18-7-4-8-19-31)44(36)30-16-5-3-6-17-30/h3-29,52-53H,1-2H3. The molecule has 0 fully saturated rings. The Morgan fingerprint density at radius 3 is 2.07 bits per heavy atom. The molecule has 2 aliphatic heterocycles. The minimum absolute atomic E-state index is 0.163. The molecular weight excluding hydrogens is 667 g/mol. The van der Waals surface area contributed by atoms with Crippen molar-refractivity contribution in [3.63, 3.8) is 0 Å². The van der Waals surface area contributed by atoms with Gasteiger partial charge in [0, 0.05) is 55.2 Å².